The number of halogens is 1. The molecular weight excluding hydrogens is 277 g/mol. The quantitative estimate of drug-likeness (QED) is 0.453. The van der Waals surface area contributed by atoms with Gasteiger partial charge >= 0.3 is 0 Å². The van der Waals surface area contributed by atoms with Gasteiger partial charge in [-0.05, 0) is 24.3 Å². The summed E-state index contributed by atoms with van der Waals surface area (Å²) in [4.78, 5) is 0. The minimum atomic E-state index is -2.95. The third kappa shape index (κ3) is 7.02. The summed E-state index contributed by atoms with van der Waals surface area (Å²) >= 11 is 2.29. The van der Waals surface area contributed by atoms with Gasteiger partial charge in [0, 0.05) is 0 Å². The number of hydrogen-bond donors (Lipinski definition) is 1. The van der Waals surface area contributed by atoms with E-state index in [2.05, 4.69) is 27.3 Å². The highest BCUT2D eigenvalue weighted by Crippen LogP contribution is 2.00. The van der Waals surface area contributed by atoms with Gasteiger partial charge in [-0.25, -0.2) is 13.1 Å². The first kappa shape index (κ1) is 11.6. The van der Waals surface area contributed by atoms with Crippen molar-refractivity contribution in [3.63, 3.8) is 0 Å². The molecule has 0 saturated carbocycles. The van der Waals surface area contributed by atoms with E-state index >= 15 is 0 Å². The first-order chi connectivity index (χ1) is 5.12. The van der Waals surface area contributed by atoms with Gasteiger partial charge in [0.1, 0.15) is 0 Å². The Labute approximate surface area is 82.1 Å². The lowest BCUT2D eigenvalue weighted by Crippen LogP contribution is -2.21. The highest BCUT2D eigenvalue weighted by Gasteiger charge is 2.04. The molecule has 3 nitrogen and oxygen atoms in total. The lowest BCUT2D eigenvalue weighted by molar-refractivity contribution is 0.583. The van der Waals surface area contributed by atoms with E-state index in [1.807, 2.05) is 0 Å². The van der Waals surface area contributed by atoms with Crippen LogP contribution in [0, 0.1) is 0 Å². The maximum atomic E-state index is 10.8. The molecular formula is C6H14INO2S. The average molecular weight is 291 g/mol. The summed E-state index contributed by atoms with van der Waals surface area (Å²) in [5, 5.41) is 0. The fourth-order valence-corrected chi connectivity index (χ4v) is 1.99. The molecule has 5 heteroatoms. The Bertz CT molecular complexity index is 179. The molecule has 0 fully saturated rings. The Morgan fingerprint density at radius 3 is 2.36 bits per heavy atom. The van der Waals surface area contributed by atoms with Gasteiger partial charge in [0.25, 0.3) is 0 Å². The second kappa shape index (κ2) is 6.19. The Kier molecular flexibility index (Phi) is 6.55. The van der Waals surface area contributed by atoms with Gasteiger partial charge in [-0.15, -0.1) is 0 Å². The summed E-state index contributed by atoms with van der Waals surface area (Å²) in [6.45, 7) is 0. The van der Waals surface area contributed by atoms with Gasteiger partial charge in [-0.3, -0.25) is 0 Å². The molecule has 0 radical (unpaired) electrons. The molecule has 0 aromatic carbocycles. The van der Waals surface area contributed by atoms with Crippen molar-refractivity contribution >= 4 is 32.6 Å². The highest BCUT2D eigenvalue weighted by molar-refractivity contribution is 14.1. The van der Waals surface area contributed by atoms with Crippen molar-refractivity contribution in [3.05, 3.63) is 0 Å². The van der Waals surface area contributed by atoms with Crippen LogP contribution < -0.4 is 4.72 Å². The van der Waals surface area contributed by atoms with Crippen LogP contribution in [0.4, 0.5) is 0 Å². The topological polar surface area (TPSA) is 46.2 Å². The van der Waals surface area contributed by atoms with Crippen molar-refractivity contribution in [2.75, 3.05) is 17.2 Å². The Morgan fingerprint density at radius 2 is 1.91 bits per heavy atom. The molecule has 0 aliphatic carbocycles. The Hall–Kier alpha value is 0.640. The van der Waals surface area contributed by atoms with E-state index in [4.69, 9.17) is 0 Å². The maximum absolute atomic E-state index is 10.8. The van der Waals surface area contributed by atoms with Crippen molar-refractivity contribution in [1.82, 2.24) is 4.72 Å². The molecule has 0 heterocycles. The molecule has 68 valence electrons. The third-order valence-electron chi connectivity index (χ3n) is 1.36. The molecule has 0 aromatic heterocycles. The molecule has 0 bridgehead atoms. The van der Waals surface area contributed by atoms with Gasteiger partial charge in [0.2, 0.25) is 10.0 Å². The zero-order valence-electron chi connectivity index (χ0n) is 6.64. The van der Waals surface area contributed by atoms with Gasteiger partial charge in [-0.2, -0.15) is 0 Å². The smallest absolute Gasteiger partial charge is 0.211 e. The summed E-state index contributed by atoms with van der Waals surface area (Å²) in [7, 11) is -1.50. The number of sulfonamides is 1. The number of rotatable bonds is 6. The van der Waals surface area contributed by atoms with Crippen molar-refractivity contribution in [3.8, 4) is 0 Å². The van der Waals surface area contributed by atoms with Gasteiger partial charge in [0.05, 0.1) is 5.75 Å². The molecule has 0 unspecified atom stereocenters. The van der Waals surface area contributed by atoms with Gasteiger partial charge < -0.3 is 0 Å². The largest absolute Gasteiger partial charge is 0.218 e. The summed E-state index contributed by atoms with van der Waals surface area (Å²) in [5.41, 5.74) is 0. The van der Waals surface area contributed by atoms with Crippen LogP contribution in [0.15, 0.2) is 0 Å². The minimum absolute atomic E-state index is 0.264. The number of alkyl halides is 1. The standard InChI is InChI=1S/C6H14INO2S/c1-8-11(9,10)6-4-2-3-5-7/h8H,2-6H2,1H3. The average Bonchev–Trinajstić information content (AvgIpc) is 1.99. The molecule has 1 N–H and O–H groups in total. The number of unbranched alkanes of at least 4 members (excludes halogenated alkanes) is 2. The lowest BCUT2D eigenvalue weighted by atomic mass is 10.3. The van der Waals surface area contributed by atoms with E-state index in [0.29, 0.717) is 0 Å². The molecule has 0 atom stereocenters. The van der Waals surface area contributed by atoms with Crippen LogP contribution in [-0.4, -0.2) is 25.6 Å². The second-order valence-electron chi connectivity index (χ2n) is 2.27. The molecule has 0 rings (SSSR count). The van der Waals surface area contributed by atoms with Crippen LogP contribution >= 0.6 is 22.6 Å². The van der Waals surface area contributed by atoms with E-state index in [0.717, 1.165) is 23.7 Å². The Balaban J connectivity index is 3.39. The minimum Gasteiger partial charge on any atom is -0.218 e. The predicted octanol–water partition coefficient (Wildman–Crippen LogP) is 1.14. The molecule has 0 aliphatic rings. The fourth-order valence-electron chi connectivity index (χ4n) is 0.665. The summed E-state index contributed by atoms with van der Waals surface area (Å²) < 4.78 is 25.1. The van der Waals surface area contributed by atoms with Gasteiger partial charge in [-0.1, -0.05) is 29.0 Å². The molecule has 0 amide bonds. The molecule has 0 spiro atoms. The van der Waals surface area contributed by atoms with Crippen LogP contribution in [0.25, 0.3) is 0 Å². The van der Waals surface area contributed by atoms with E-state index < -0.39 is 10.0 Å². The maximum Gasteiger partial charge on any atom is 0.211 e. The monoisotopic (exact) mass is 291 g/mol. The fraction of sp³-hybridized carbons (Fsp3) is 1.00. The molecule has 11 heavy (non-hydrogen) atoms. The van der Waals surface area contributed by atoms with E-state index in [-0.39, 0.29) is 5.75 Å². The lowest BCUT2D eigenvalue weighted by Gasteiger charge is -2.00. The molecule has 0 aromatic rings. The van der Waals surface area contributed by atoms with Gasteiger partial charge in [0.15, 0.2) is 0 Å². The SMILES string of the molecule is CNS(=O)(=O)CCCCCI. The van der Waals surface area contributed by atoms with Crippen LogP contribution in [0.5, 0.6) is 0 Å². The van der Waals surface area contributed by atoms with Crippen LogP contribution in [0.1, 0.15) is 19.3 Å². The molecule has 0 aliphatic heterocycles. The Morgan fingerprint density at radius 1 is 1.27 bits per heavy atom. The zero-order chi connectivity index (χ0) is 8.74. The number of nitrogens with one attached hydrogen (secondary N) is 1. The molecule has 0 saturated heterocycles. The summed E-state index contributed by atoms with van der Waals surface area (Å²) in [6, 6.07) is 0. The predicted molar refractivity (Wildman–Crippen MR) is 55.6 cm³/mol. The zero-order valence-corrected chi connectivity index (χ0v) is 9.61. The van der Waals surface area contributed by atoms with Crippen LogP contribution in [0.2, 0.25) is 0 Å². The van der Waals surface area contributed by atoms with Crippen LogP contribution in [-0.2, 0) is 10.0 Å². The number of hydrogen-bond acceptors (Lipinski definition) is 2. The van der Waals surface area contributed by atoms with E-state index in [1.54, 1.807) is 0 Å². The first-order valence-corrected chi connectivity index (χ1v) is 6.77. The summed E-state index contributed by atoms with van der Waals surface area (Å²) in [5.74, 6) is 0.264. The van der Waals surface area contributed by atoms with Crippen LogP contribution in [0.3, 0.4) is 0 Å². The first-order valence-electron chi connectivity index (χ1n) is 3.59. The van der Waals surface area contributed by atoms with Crippen molar-refractivity contribution in [1.29, 1.82) is 0 Å². The van der Waals surface area contributed by atoms with E-state index in [1.165, 1.54) is 7.05 Å². The summed E-state index contributed by atoms with van der Waals surface area (Å²) in [6.07, 6.45) is 2.88. The van der Waals surface area contributed by atoms with Crippen molar-refractivity contribution in [2.45, 2.75) is 19.3 Å². The van der Waals surface area contributed by atoms with Crippen molar-refractivity contribution < 1.29 is 8.42 Å². The highest BCUT2D eigenvalue weighted by atomic mass is 127. The van der Waals surface area contributed by atoms with E-state index in [9.17, 15) is 8.42 Å². The third-order valence-corrected chi connectivity index (χ3v) is 3.57. The second-order valence-corrected chi connectivity index (χ2v) is 5.40. The van der Waals surface area contributed by atoms with Crippen molar-refractivity contribution in [2.24, 2.45) is 0 Å². The normalized spacial score (nSPS) is 11.8.